The molecule has 2 heterocycles. The number of nitrogens with one attached hydrogen (secondary N) is 1. The van der Waals surface area contributed by atoms with Gasteiger partial charge in [-0.15, -0.1) is 11.3 Å². The van der Waals surface area contributed by atoms with Crippen LogP contribution in [0.25, 0.3) is 0 Å². The van der Waals surface area contributed by atoms with Crippen LogP contribution < -0.4 is 5.32 Å². The molecule has 23 heavy (non-hydrogen) atoms. The van der Waals surface area contributed by atoms with Gasteiger partial charge in [-0.2, -0.15) is 4.31 Å². The zero-order chi connectivity index (χ0) is 17.0. The first-order valence-corrected chi connectivity index (χ1v) is 10.0. The van der Waals surface area contributed by atoms with Gasteiger partial charge in [0, 0.05) is 26.2 Å². The molecule has 1 N–H and O–H groups in total. The molecule has 1 aromatic rings. The van der Waals surface area contributed by atoms with E-state index in [1.165, 1.54) is 15.6 Å². The summed E-state index contributed by atoms with van der Waals surface area (Å²) in [7, 11) is -3.50. The Labute approximate surface area is 141 Å². The predicted molar refractivity (Wildman–Crippen MR) is 90.1 cm³/mol. The highest BCUT2D eigenvalue weighted by Gasteiger charge is 2.30. The van der Waals surface area contributed by atoms with Gasteiger partial charge in [0.25, 0.3) is 10.0 Å². The summed E-state index contributed by atoms with van der Waals surface area (Å²) in [5.74, 6) is -0.0160. The monoisotopic (exact) mass is 360 g/mol. The second-order valence-corrected chi connectivity index (χ2v) is 8.93. The van der Waals surface area contributed by atoms with Crippen LogP contribution >= 0.6 is 11.3 Å². The van der Waals surface area contributed by atoms with Gasteiger partial charge in [0.15, 0.2) is 4.21 Å². The fourth-order valence-electron chi connectivity index (χ4n) is 2.67. The average Bonchev–Trinajstić information content (AvgIpc) is 2.68. The third kappa shape index (κ3) is 4.50. The van der Waals surface area contributed by atoms with E-state index in [9.17, 15) is 13.2 Å². The van der Waals surface area contributed by atoms with E-state index in [4.69, 9.17) is 0 Å². The molecule has 7 nitrogen and oxygen atoms in total. The first-order chi connectivity index (χ1) is 10.8. The molecule has 0 aromatic carbocycles. The van der Waals surface area contributed by atoms with E-state index in [1.54, 1.807) is 6.92 Å². The molecule has 9 heteroatoms. The molecule has 1 fully saturated rings. The van der Waals surface area contributed by atoms with E-state index in [0.717, 1.165) is 18.0 Å². The van der Waals surface area contributed by atoms with Crippen LogP contribution in [0, 0.1) is 13.8 Å². The van der Waals surface area contributed by atoms with Crippen molar-refractivity contribution in [2.75, 3.05) is 39.3 Å². The Kier molecular flexibility index (Phi) is 6.12. The number of aryl methyl sites for hydroxylation is 2. The van der Waals surface area contributed by atoms with Gasteiger partial charge in [0.05, 0.1) is 17.2 Å². The number of aromatic nitrogens is 1. The van der Waals surface area contributed by atoms with E-state index in [-0.39, 0.29) is 5.91 Å². The lowest BCUT2D eigenvalue weighted by atomic mass is 10.4. The maximum absolute atomic E-state index is 12.8. The smallest absolute Gasteiger partial charge is 0.254 e. The lowest BCUT2D eigenvalue weighted by Gasteiger charge is -2.21. The molecule has 0 saturated carbocycles. The molecule has 2 rings (SSSR count). The summed E-state index contributed by atoms with van der Waals surface area (Å²) in [6.45, 7) is 8.52. The summed E-state index contributed by atoms with van der Waals surface area (Å²) in [6, 6.07) is 0. The summed E-state index contributed by atoms with van der Waals surface area (Å²) >= 11 is 1.22. The third-order valence-electron chi connectivity index (χ3n) is 3.72. The van der Waals surface area contributed by atoms with Crippen molar-refractivity contribution >= 4 is 27.3 Å². The Bertz CT molecular complexity index is 657. The number of hydrogen-bond acceptors (Lipinski definition) is 6. The van der Waals surface area contributed by atoms with Crippen molar-refractivity contribution in [1.29, 1.82) is 0 Å². The molecule has 0 unspecified atom stereocenters. The Morgan fingerprint density at radius 3 is 2.61 bits per heavy atom. The van der Waals surface area contributed by atoms with Crippen molar-refractivity contribution in [3.05, 3.63) is 10.7 Å². The molecule has 0 radical (unpaired) electrons. The van der Waals surface area contributed by atoms with Gasteiger partial charge in [-0.3, -0.25) is 9.69 Å². The Hall–Kier alpha value is -1.03. The highest BCUT2D eigenvalue weighted by molar-refractivity contribution is 7.91. The van der Waals surface area contributed by atoms with Gasteiger partial charge in [-0.05, 0) is 33.7 Å². The molecule has 1 aliphatic heterocycles. The number of carbonyl (C=O) groups is 1. The summed E-state index contributed by atoms with van der Waals surface area (Å²) < 4.78 is 27.5. The van der Waals surface area contributed by atoms with E-state index >= 15 is 0 Å². The van der Waals surface area contributed by atoms with Crippen LogP contribution in [-0.4, -0.2) is 67.8 Å². The third-order valence-corrected chi connectivity index (χ3v) is 7.28. The number of sulfonamides is 1. The first kappa shape index (κ1) is 18.3. The van der Waals surface area contributed by atoms with Crippen LogP contribution in [0.1, 0.15) is 24.0 Å². The number of carbonyl (C=O) groups excluding carboxylic acids is 1. The number of thiazole rings is 1. The number of amides is 1. The minimum absolute atomic E-state index is 0.0160. The highest BCUT2D eigenvalue weighted by atomic mass is 32.2. The van der Waals surface area contributed by atoms with Crippen LogP contribution in [0.3, 0.4) is 0 Å². The van der Waals surface area contributed by atoms with E-state index in [1.807, 2.05) is 18.7 Å². The van der Waals surface area contributed by atoms with Crippen molar-refractivity contribution in [3.63, 3.8) is 0 Å². The maximum Gasteiger partial charge on any atom is 0.254 e. The fraction of sp³-hybridized carbons (Fsp3) is 0.714. The summed E-state index contributed by atoms with van der Waals surface area (Å²) in [4.78, 5) is 17.9. The quantitative estimate of drug-likeness (QED) is 0.831. The number of nitrogens with zero attached hydrogens (tertiary/aromatic N) is 3. The molecule has 0 atom stereocenters. The summed E-state index contributed by atoms with van der Waals surface area (Å²) in [6.07, 6.45) is 0.718. The SMILES string of the molecule is CCNC(=O)CN1CCCN(S(=O)(=O)c2sc(C)nc2C)CC1. The first-order valence-electron chi connectivity index (χ1n) is 7.77. The van der Waals surface area contributed by atoms with Gasteiger partial charge in [0.1, 0.15) is 0 Å². The van der Waals surface area contributed by atoms with E-state index in [2.05, 4.69) is 10.3 Å². The van der Waals surface area contributed by atoms with Crippen LogP contribution in [0.5, 0.6) is 0 Å². The van der Waals surface area contributed by atoms with E-state index in [0.29, 0.717) is 42.6 Å². The van der Waals surface area contributed by atoms with Crippen molar-refractivity contribution in [3.8, 4) is 0 Å². The Morgan fingerprint density at radius 1 is 1.26 bits per heavy atom. The van der Waals surface area contributed by atoms with Crippen molar-refractivity contribution < 1.29 is 13.2 Å². The van der Waals surface area contributed by atoms with Gasteiger partial charge >= 0.3 is 0 Å². The predicted octanol–water partition coefficient (Wildman–Crippen LogP) is 0.592. The zero-order valence-electron chi connectivity index (χ0n) is 13.8. The average molecular weight is 361 g/mol. The summed E-state index contributed by atoms with van der Waals surface area (Å²) in [5.41, 5.74) is 0.566. The highest BCUT2D eigenvalue weighted by Crippen LogP contribution is 2.26. The molecule has 1 aromatic heterocycles. The Morgan fingerprint density at radius 2 is 2.00 bits per heavy atom. The van der Waals surface area contributed by atoms with Crippen LogP contribution in [0.2, 0.25) is 0 Å². The lowest BCUT2D eigenvalue weighted by Crippen LogP contribution is -2.40. The normalized spacial score (nSPS) is 17.9. The second kappa shape index (κ2) is 7.69. The van der Waals surface area contributed by atoms with Gasteiger partial charge in [-0.1, -0.05) is 0 Å². The molecule has 1 amide bonds. The van der Waals surface area contributed by atoms with Crippen molar-refractivity contribution in [2.24, 2.45) is 0 Å². The molecule has 0 bridgehead atoms. The van der Waals surface area contributed by atoms with Gasteiger partial charge < -0.3 is 5.32 Å². The lowest BCUT2D eigenvalue weighted by molar-refractivity contribution is -0.122. The molecule has 130 valence electrons. The van der Waals surface area contributed by atoms with Crippen LogP contribution in [-0.2, 0) is 14.8 Å². The molecule has 0 spiro atoms. The number of rotatable bonds is 5. The summed E-state index contributed by atoms with van der Waals surface area (Å²) in [5, 5.41) is 3.53. The molecular weight excluding hydrogens is 336 g/mol. The maximum atomic E-state index is 12.8. The minimum Gasteiger partial charge on any atom is -0.355 e. The van der Waals surface area contributed by atoms with Crippen LogP contribution in [0.4, 0.5) is 0 Å². The minimum atomic E-state index is -3.50. The molecular formula is C14H24N4O3S2. The number of likely N-dealkylation sites (N-methyl/N-ethyl adjacent to an activating group) is 1. The molecule has 1 aliphatic rings. The zero-order valence-corrected chi connectivity index (χ0v) is 15.5. The molecule has 1 saturated heterocycles. The van der Waals surface area contributed by atoms with Gasteiger partial charge in [0.2, 0.25) is 5.91 Å². The van der Waals surface area contributed by atoms with Gasteiger partial charge in [-0.25, -0.2) is 13.4 Å². The van der Waals surface area contributed by atoms with Crippen LogP contribution in [0.15, 0.2) is 4.21 Å². The van der Waals surface area contributed by atoms with E-state index < -0.39 is 10.0 Å². The Balaban J connectivity index is 2.05. The number of hydrogen-bond donors (Lipinski definition) is 1. The second-order valence-electron chi connectivity index (χ2n) is 5.59. The van der Waals surface area contributed by atoms with Crippen molar-refractivity contribution in [2.45, 2.75) is 31.4 Å². The van der Waals surface area contributed by atoms with Crippen molar-refractivity contribution in [1.82, 2.24) is 19.5 Å². The standard InChI is InChI=1S/C14H24N4O3S2/c1-4-15-13(19)10-17-6-5-7-18(9-8-17)23(20,21)14-11(2)16-12(3)22-14/h4-10H2,1-3H3,(H,15,19). The largest absolute Gasteiger partial charge is 0.355 e. The molecule has 0 aliphatic carbocycles. The fourth-order valence-corrected chi connectivity index (χ4v) is 5.76. The topological polar surface area (TPSA) is 82.6 Å².